The van der Waals surface area contributed by atoms with E-state index in [2.05, 4.69) is 10.2 Å². The van der Waals surface area contributed by atoms with Crippen molar-refractivity contribution in [2.75, 3.05) is 6.61 Å². The summed E-state index contributed by atoms with van der Waals surface area (Å²) in [6, 6.07) is 0. The standard InChI is InChI=1S/C9H12N2O4/c1-2-6-5(3-4-14-6)7-10-11-8(15-7)9(12)13/h5-6H,2-4H2,1H3,(H,12,13). The summed E-state index contributed by atoms with van der Waals surface area (Å²) in [5.74, 6) is -1.14. The number of hydrogen-bond donors (Lipinski definition) is 1. The van der Waals surface area contributed by atoms with Crippen LogP contribution in [-0.2, 0) is 4.74 Å². The summed E-state index contributed by atoms with van der Waals surface area (Å²) in [5, 5.41) is 15.8. The maximum Gasteiger partial charge on any atom is 0.393 e. The lowest BCUT2D eigenvalue weighted by molar-refractivity contribution is 0.0646. The van der Waals surface area contributed by atoms with Crippen molar-refractivity contribution in [3.63, 3.8) is 0 Å². The minimum atomic E-state index is -1.19. The topological polar surface area (TPSA) is 85.5 Å². The molecule has 1 aliphatic rings. The number of ether oxygens (including phenoxy) is 1. The summed E-state index contributed by atoms with van der Waals surface area (Å²) >= 11 is 0. The van der Waals surface area contributed by atoms with Gasteiger partial charge in [0.1, 0.15) is 0 Å². The Morgan fingerprint density at radius 3 is 3.00 bits per heavy atom. The van der Waals surface area contributed by atoms with Crippen molar-refractivity contribution < 1.29 is 19.1 Å². The average Bonchev–Trinajstić information content (AvgIpc) is 2.85. The number of carboxylic acid groups (broad SMARTS) is 1. The number of aromatic carboxylic acids is 1. The van der Waals surface area contributed by atoms with Crippen molar-refractivity contribution in [3.05, 3.63) is 11.8 Å². The van der Waals surface area contributed by atoms with Gasteiger partial charge in [0.15, 0.2) is 0 Å². The van der Waals surface area contributed by atoms with Crippen LogP contribution in [-0.4, -0.2) is 34.0 Å². The van der Waals surface area contributed by atoms with Gasteiger partial charge in [-0.2, -0.15) is 0 Å². The van der Waals surface area contributed by atoms with Gasteiger partial charge in [0.05, 0.1) is 12.0 Å². The highest BCUT2D eigenvalue weighted by molar-refractivity contribution is 5.81. The van der Waals surface area contributed by atoms with Gasteiger partial charge in [-0.1, -0.05) is 6.92 Å². The molecule has 0 bridgehead atoms. The number of aromatic nitrogens is 2. The highest BCUT2D eigenvalue weighted by Crippen LogP contribution is 2.31. The van der Waals surface area contributed by atoms with Crippen LogP contribution in [0.4, 0.5) is 0 Å². The van der Waals surface area contributed by atoms with E-state index in [4.69, 9.17) is 14.3 Å². The van der Waals surface area contributed by atoms with Crippen LogP contribution in [0.5, 0.6) is 0 Å². The fraction of sp³-hybridized carbons (Fsp3) is 0.667. The molecule has 6 nitrogen and oxygen atoms in total. The number of carbonyl (C=O) groups is 1. The summed E-state index contributed by atoms with van der Waals surface area (Å²) in [4.78, 5) is 10.6. The van der Waals surface area contributed by atoms with Gasteiger partial charge in [0.25, 0.3) is 0 Å². The Morgan fingerprint density at radius 1 is 1.60 bits per heavy atom. The molecule has 15 heavy (non-hydrogen) atoms. The predicted octanol–water partition coefficient (Wildman–Crippen LogP) is 1.05. The minimum absolute atomic E-state index is 0.0376. The molecule has 2 heterocycles. The fourth-order valence-corrected chi connectivity index (χ4v) is 1.80. The Kier molecular flexibility index (Phi) is 2.68. The summed E-state index contributed by atoms with van der Waals surface area (Å²) in [6.45, 7) is 2.67. The van der Waals surface area contributed by atoms with E-state index in [1.54, 1.807) is 0 Å². The van der Waals surface area contributed by atoms with Gasteiger partial charge in [-0.25, -0.2) is 4.79 Å². The zero-order chi connectivity index (χ0) is 10.8. The molecule has 0 saturated carbocycles. The zero-order valence-corrected chi connectivity index (χ0v) is 8.34. The van der Waals surface area contributed by atoms with Crippen molar-refractivity contribution in [3.8, 4) is 0 Å². The third kappa shape index (κ3) is 1.85. The maximum atomic E-state index is 10.6. The highest BCUT2D eigenvalue weighted by Gasteiger charge is 2.33. The molecular formula is C9H12N2O4. The normalized spacial score (nSPS) is 25.7. The second-order valence-corrected chi connectivity index (χ2v) is 3.46. The van der Waals surface area contributed by atoms with E-state index in [-0.39, 0.29) is 17.9 Å². The van der Waals surface area contributed by atoms with E-state index < -0.39 is 5.97 Å². The van der Waals surface area contributed by atoms with Crippen LogP contribution in [0.15, 0.2) is 4.42 Å². The molecule has 6 heteroatoms. The van der Waals surface area contributed by atoms with Crippen molar-refractivity contribution >= 4 is 5.97 Å². The molecule has 1 aromatic rings. The largest absolute Gasteiger partial charge is 0.474 e. The molecule has 2 atom stereocenters. The Morgan fingerprint density at radius 2 is 2.40 bits per heavy atom. The molecule has 0 aromatic carbocycles. The third-order valence-corrected chi connectivity index (χ3v) is 2.55. The Hall–Kier alpha value is -1.43. The Balaban J connectivity index is 2.18. The Bertz CT molecular complexity index is 363. The SMILES string of the molecule is CCC1OCCC1c1nnc(C(=O)O)o1. The van der Waals surface area contributed by atoms with Gasteiger partial charge in [-0.15, -0.1) is 10.2 Å². The molecule has 0 spiro atoms. The average molecular weight is 212 g/mol. The zero-order valence-electron chi connectivity index (χ0n) is 8.34. The predicted molar refractivity (Wildman–Crippen MR) is 48.6 cm³/mol. The summed E-state index contributed by atoms with van der Waals surface area (Å²) < 4.78 is 10.5. The smallest absolute Gasteiger partial charge is 0.393 e. The summed E-state index contributed by atoms with van der Waals surface area (Å²) in [5.41, 5.74) is 0. The van der Waals surface area contributed by atoms with Crippen molar-refractivity contribution in [2.24, 2.45) is 0 Å². The molecule has 1 fully saturated rings. The van der Waals surface area contributed by atoms with Crippen LogP contribution >= 0.6 is 0 Å². The van der Waals surface area contributed by atoms with Crippen molar-refractivity contribution in [1.29, 1.82) is 0 Å². The first-order valence-electron chi connectivity index (χ1n) is 4.90. The van der Waals surface area contributed by atoms with E-state index in [0.29, 0.717) is 12.5 Å². The van der Waals surface area contributed by atoms with Crippen molar-refractivity contribution in [2.45, 2.75) is 31.8 Å². The Labute approximate surface area is 86.3 Å². The number of carboxylic acids is 1. The first-order chi connectivity index (χ1) is 7.22. The molecule has 0 amide bonds. The molecule has 2 unspecified atom stereocenters. The van der Waals surface area contributed by atoms with E-state index >= 15 is 0 Å². The summed E-state index contributed by atoms with van der Waals surface area (Å²) in [7, 11) is 0. The lowest BCUT2D eigenvalue weighted by Gasteiger charge is -2.11. The highest BCUT2D eigenvalue weighted by atomic mass is 16.5. The molecule has 1 N–H and O–H groups in total. The van der Waals surface area contributed by atoms with Crippen LogP contribution < -0.4 is 0 Å². The van der Waals surface area contributed by atoms with Gasteiger partial charge in [-0.3, -0.25) is 0 Å². The van der Waals surface area contributed by atoms with Crippen LogP contribution in [0.2, 0.25) is 0 Å². The van der Waals surface area contributed by atoms with Crippen LogP contribution in [0.1, 0.15) is 42.3 Å². The van der Waals surface area contributed by atoms with Crippen molar-refractivity contribution in [1.82, 2.24) is 10.2 Å². The van der Waals surface area contributed by atoms with Gasteiger partial charge in [-0.05, 0) is 12.8 Å². The molecule has 0 radical (unpaired) electrons. The van der Waals surface area contributed by atoms with Gasteiger partial charge < -0.3 is 14.3 Å². The van der Waals surface area contributed by atoms with Gasteiger partial charge in [0.2, 0.25) is 5.89 Å². The molecule has 1 aliphatic heterocycles. The van der Waals surface area contributed by atoms with E-state index in [9.17, 15) is 4.79 Å². The minimum Gasteiger partial charge on any atom is -0.474 e. The molecule has 1 aromatic heterocycles. The van der Waals surface area contributed by atoms with Gasteiger partial charge >= 0.3 is 11.9 Å². The number of nitrogens with zero attached hydrogens (tertiary/aromatic N) is 2. The maximum absolute atomic E-state index is 10.6. The fourth-order valence-electron chi connectivity index (χ4n) is 1.80. The van der Waals surface area contributed by atoms with Gasteiger partial charge in [0, 0.05) is 6.61 Å². The lowest BCUT2D eigenvalue weighted by Crippen LogP contribution is -2.13. The van der Waals surface area contributed by atoms with Crippen LogP contribution in [0, 0.1) is 0 Å². The molecular weight excluding hydrogens is 200 g/mol. The lowest BCUT2D eigenvalue weighted by atomic mass is 10.00. The second kappa shape index (κ2) is 3.98. The molecule has 82 valence electrons. The van der Waals surface area contributed by atoms with E-state index in [1.807, 2.05) is 6.92 Å². The molecule has 2 rings (SSSR count). The quantitative estimate of drug-likeness (QED) is 0.805. The monoisotopic (exact) mass is 212 g/mol. The molecule has 1 saturated heterocycles. The number of hydrogen-bond acceptors (Lipinski definition) is 5. The van der Waals surface area contributed by atoms with E-state index in [1.165, 1.54) is 0 Å². The number of rotatable bonds is 3. The first-order valence-corrected chi connectivity index (χ1v) is 4.90. The van der Waals surface area contributed by atoms with Crippen LogP contribution in [0.3, 0.4) is 0 Å². The second-order valence-electron chi connectivity index (χ2n) is 3.46. The summed E-state index contributed by atoms with van der Waals surface area (Å²) in [6.07, 6.45) is 1.72. The third-order valence-electron chi connectivity index (χ3n) is 2.55. The van der Waals surface area contributed by atoms with Crippen LogP contribution in [0.25, 0.3) is 0 Å². The van der Waals surface area contributed by atoms with E-state index in [0.717, 1.165) is 12.8 Å². The first kappa shape index (κ1) is 10.1. The molecule has 0 aliphatic carbocycles.